The summed E-state index contributed by atoms with van der Waals surface area (Å²) in [7, 11) is -3.45. The number of rotatable bonds is 6. The van der Waals surface area contributed by atoms with Gasteiger partial charge in [0.2, 0.25) is 5.91 Å². The van der Waals surface area contributed by atoms with Crippen molar-refractivity contribution in [2.45, 2.75) is 49.8 Å². The van der Waals surface area contributed by atoms with E-state index in [4.69, 9.17) is 11.6 Å². The summed E-state index contributed by atoms with van der Waals surface area (Å²) in [4.78, 5) is 12.5. The Balaban J connectivity index is 1.30. The van der Waals surface area contributed by atoms with Gasteiger partial charge in [-0.15, -0.1) is 0 Å². The number of nitrogens with one attached hydrogen (secondary N) is 1. The number of amides is 1. The van der Waals surface area contributed by atoms with Gasteiger partial charge in [-0.1, -0.05) is 11.6 Å². The summed E-state index contributed by atoms with van der Waals surface area (Å²) in [6, 6.07) is 6.10. The van der Waals surface area contributed by atoms with Crippen LogP contribution in [-0.2, 0) is 14.6 Å². The fraction of sp³-hybridized carbons (Fsp3) is 0.650. The summed E-state index contributed by atoms with van der Waals surface area (Å²) in [5, 5.41) is 3.55. The second-order valence-electron chi connectivity index (χ2n) is 8.72. The summed E-state index contributed by atoms with van der Waals surface area (Å²) in [6.07, 6.45) is 7.87. The molecule has 6 heteroatoms. The van der Waals surface area contributed by atoms with Gasteiger partial charge in [0.1, 0.15) is 0 Å². The molecule has 0 radical (unpaired) electrons. The SMILES string of the molecule is O=C(CCS(=O)(=O)c1ccc(Cl)cc1)NCC12CC3CC(CC(C3)C1)C2. The molecule has 142 valence electrons. The van der Waals surface area contributed by atoms with Crippen molar-refractivity contribution >= 4 is 27.3 Å². The first-order valence-corrected chi connectivity index (χ1v) is 11.6. The van der Waals surface area contributed by atoms with Crippen LogP contribution in [0.25, 0.3) is 0 Å². The predicted molar refractivity (Wildman–Crippen MR) is 102 cm³/mol. The van der Waals surface area contributed by atoms with Crippen molar-refractivity contribution < 1.29 is 13.2 Å². The van der Waals surface area contributed by atoms with Gasteiger partial charge >= 0.3 is 0 Å². The third-order valence-corrected chi connectivity index (χ3v) is 8.58. The van der Waals surface area contributed by atoms with E-state index in [9.17, 15) is 13.2 Å². The molecule has 0 spiro atoms. The number of hydrogen-bond acceptors (Lipinski definition) is 3. The lowest BCUT2D eigenvalue weighted by atomic mass is 9.49. The van der Waals surface area contributed by atoms with E-state index in [-0.39, 0.29) is 28.4 Å². The Labute approximate surface area is 160 Å². The van der Waals surface area contributed by atoms with Crippen LogP contribution in [0.5, 0.6) is 0 Å². The zero-order valence-corrected chi connectivity index (χ0v) is 16.5. The molecule has 5 rings (SSSR count). The summed E-state index contributed by atoms with van der Waals surface area (Å²) < 4.78 is 24.7. The average Bonchev–Trinajstić information content (AvgIpc) is 2.58. The Hall–Kier alpha value is -1.07. The van der Waals surface area contributed by atoms with E-state index in [1.54, 1.807) is 12.1 Å². The fourth-order valence-electron chi connectivity index (χ4n) is 5.87. The molecule has 4 aliphatic carbocycles. The van der Waals surface area contributed by atoms with Crippen LogP contribution in [0.4, 0.5) is 0 Å². The predicted octanol–water partition coefficient (Wildman–Crippen LogP) is 3.84. The molecular weight excluding hydrogens is 370 g/mol. The van der Waals surface area contributed by atoms with E-state index in [1.165, 1.54) is 50.7 Å². The summed E-state index contributed by atoms with van der Waals surface area (Å²) >= 11 is 5.80. The van der Waals surface area contributed by atoms with Crippen molar-refractivity contribution in [1.29, 1.82) is 0 Å². The number of carbonyl (C=O) groups is 1. The van der Waals surface area contributed by atoms with Crippen LogP contribution < -0.4 is 5.32 Å². The Morgan fingerprint density at radius 1 is 1.04 bits per heavy atom. The first-order chi connectivity index (χ1) is 12.3. The minimum absolute atomic E-state index is 0.0112. The van der Waals surface area contributed by atoms with Gasteiger partial charge in [0.15, 0.2) is 9.84 Å². The monoisotopic (exact) mass is 395 g/mol. The third kappa shape index (κ3) is 3.79. The van der Waals surface area contributed by atoms with E-state index < -0.39 is 9.84 Å². The Morgan fingerprint density at radius 2 is 1.58 bits per heavy atom. The van der Waals surface area contributed by atoms with Crippen molar-refractivity contribution in [3.8, 4) is 0 Å². The van der Waals surface area contributed by atoms with Crippen LogP contribution in [0.3, 0.4) is 0 Å². The summed E-state index contributed by atoms with van der Waals surface area (Å²) in [5.41, 5.74) is 0.277. The minimum Gasteiger partial charge on any atom is -0.356 e. The van der Waals surface area contributed by atoms with Crippen molar-refractivity contribution in [1.82, 2.24) is 5.32 Å². The molecule has 4 saturated carbocycles. The summed E-state index contributed by atoms with van der Waals surface area (Å²) in [5.74, 6) is 2.23. The average molecular weight is 396 g/mol. The van der Waals surface area contributed by atoms with Crippen molar-refractivity contribution in [2.24, 2.45) is 23.2 Å². The zero-order valence-electron chi connectivity index (χ0n) is 14.9. The van der Waals surface area contributed by atoms with Gasteiger partial charge in [0.05, 0.1) is 10.6 Å². The molecule has 1 amide bonds. The molecular formula is C20H26ClNO3S. The van der Waals surface area contributed by atoms with Crippen LogP contribution >= 0.6 is 11.6 Å². The second-order valence-corrected chi connectivity index (χ2v) is 11.3. The molecule has 0 atom stereocenters. The molecule has 4 aliphatic rings. The van der Waals surface area contributed by atoms with E-state index in [0.717, 1.165) is 24.3 Å². The van der Waals surface area contributed by atoms with Gasteiger partial charge in [-0.05, 0) is 86.0 Å². The molecule has 0 aromatic heterocycles. The lowest BCUT2D eigenvalue weighted by molar-refractivity contribution is -0.122. The highest BCUT2D eigenvalue weighted by molar-refractivity contribution is 7.91. The normalized spacial score (nSPS) is 32.6. The maximum Gasteiger partial charge on any atom is 0.221 e. The molecule has 1 N–H and O–H groups in total. The topological polar surface area (TPSA) is 63.2 Å². The lowest BCUT2D eigenvalue weighted by Gasteiger charge is -2.56. The maximum atomic E-state index is 12.4. The molecule has 0 unspecified atom stereocenters. The Bertz CT molecular complexity index is 752. The molecule has 0 saturated heterocycles. The van der Waals surface area contributed by atoms with Gasteiger partial charge < -0.3 is 5.32 Å². The lowest BCUT2D eigenvalue weighted by Crippen LogP contribution is -2.51. The highest BCUT2D eigenvalue weighted by atomic mass is 35.5. The number of benzene rings is 1. The van der Waals surface area contributed by atoms with Crippen LogP contribution in [-0.4, -0.2) is 26.6 Å². The molecule has 0 heterocycles. The van der Waals surface area contributed by atoms with E-state index in [1.807, 2.05) is 0 Å². The largest absolute Gasteiger partial charge is 0.356 e. The van der Waals surface area contributed by atoms with Gasteiger partial charge in [0.25, 0.3) is 0 Å². The first-order valence-electron chi connectivity index (χ1n) is 9.59. The molecule has 4 bridgehead atoms. The summed E-state index contributed by atoms with van der Waals surface area (Å²) in [6.45, 7) is 0.719. The fourth-order valence-corrected chi connectivity index (χ4v) is 7.23. The Morgan fingerprint density at radius 3 is 2.12 bits per heavy atom. The number of sulfone groups is 1. The molecule has 0 aliphatic heterocycles. The highest BCUT2D eigenvalue weighted by Gasteiger charge is 2.50. The van der Waals surface area contributed by atoms with E-state index in [2.05, 4.69) is 5.32 Å². The van der Waals surface area contributed by atoms with Crippen LogP contribution in [0.2, 0.25) is 5.02 Å². The van der Waals surface area contributed by atoms with Crippen LogP contribution in [0.15, 0.2) is 29.2 Å². The standard InChI is InChI=1S/C20H26ClNO3S/c21-17-1-3-18(4-2-17)26(24,25)6-5-19(23)22-13-20-10-14-7-15(11-20)9-16(8-14)12-20/h1-4,14-16H,5-13H2,(H,22,23). The van der Waals surface area contributed by atoms with Gasteiger partial charge in [-0.3, -0.25) is 4.79 Å². The van der Waals surface area contributed by atoms with Crippen LogP contribution in [0, 0.1) is 23.2 Å². The smallest absolute Gasteiger partial charge is 0.221 e. The van der Waals surface area contributed by atoms with Crippen LogP contribution in [0.1, 0.15) is 44.9 Å². The molecule has 26 heavy (non-hydrogen) atoms. The minimum atomic E-state index is -3.45. The van der Waals surface area contributed by atoms with Crippen molar-refractivity contribution in [2.75, 3.05) is 12.3 Å². The zero-order chi connectivity index (χ0) is 18.4. The number of halogens is 1. The number of carbonyl (C=O) groups excluding carboxylic acids is 1. The number of hydrogen-bond donors (Lipinski definition) is 1. The van der Waals surface area contributed by atoms with Gasteiger partial charge in [-0.25, -0.2) is 8.42 Å². The molecule has 4 nitrogen and oxygen atoms in total. The van der Waals surface area contributed by atoms with Gasteiger partial charge in [-0.2, -0.15) is 0 Å². The van der Waals surface area contributed by atoms with E-state index >= 15 is 0 Å². The van der Waals surface area contributed by atoms with Crippen molar-refractivity contribution in [3.63, 3.8) is 0 Å². The quantitative estimate of drug-likeness (QED) is 0.795. The second kappa shape index (κ2) is 6.83. The molecule has 1 aromatic carbocycles. The Kier molecular flexibility index (Phi) is 4.81. The van der Waals surface area contributed by atoms with Crippen molar-refractivity contribution in [3.05, 3.63) is 29.3 Å². The maximum absolute atomic E-state index is 12.4. The van der Waals surface area contributed by atoms with Gasteiger partial charge in [0, 0.05) is 18.0 Å². The molecule has 1 aromatic rings. The third-order valence-electron chi connectivity index (χ3n) is 6.60. The first kappa shape index (κ1) is 18.3. The highest BCUT2D eigenvalue weighted by Crippen LogP contribution is 2.59. The van der Waals surface area contributed by atoms with E-state index in [0.29, 0.717) is 5.02 Å². The molecule has 4 fully saturated rings.